The Kier molecular flexibility index (Phi) is 10.6. The molecule has 0 radical (unpaired) electrons. The van der Waals surface area contributed by atoms with E-state index in [1.54, 1.807) is 26.0 Å². The normalized spacial score (nSPS) is 13.8. The van der Waals surface area contributed by atoms with Crippen LogP contribution in [0.15, 0.2) is 24.3 Å². The lowest BCUT2D eigenvalue weighted by Crippen LogP contribution is -2.55. The number of carbonyl (C=O) groups is 4. The van der Waals surface area contributed by atoms with E-state index < -0.39 is 41.8 Å². The Morgan fingerprint density at radius 1 is 0.969 bits per heavy atom. The Hall–Kier alpha value is -3.14. The minimum absolute atomic E-state index is 0.0463. The molecule has 7 N–H and O–H groups in total. The highest BCUT2D eigenvalue weighted by Gasteiger charge is 2.29. The van der Waals surface area contributed by atoms with Gasteiger partial charge in [-0.2, -0.15) is 0 Å². The Bertz CT molecular complexity index is 794. The van der Waals surface area contributed by atoms with E-state index in [1.165, 1.54) is 12.1 Å². The summed E-state index contributed by atoms with van der Waals surface area (Å²) in [7, 11) is 0. The lowest BCUT2D eigenvalue weighted by molar-refractivity contribution is -0.143. The summed E-state index contributed by atoms with van der Waals surface area (Å²) in [6.45, 7) is 6.78. The highest BCUT2D eigenvalue weighted by molar-refractivity contribution is 5.92. The molecule has 3 atom stereocenters. The van der Waals surface area contributed by atoms with Gasteiger partial charge in [-0.3, -0.25) is 14.4 Å². The minimum atomic E-state index is -1.19. The fraction of sp³-hybridized carbons (Fsp3) is 0.545. The second-order valence-corrected chi connectivity index (χ2v) is 8.51. The van der Waals surface area contributed by atoms with Crippen LogP contribution in [0.1, 0.15) is 39.7 Å². The van der Waals surface area contributed by atoms with Crippen LogP contribution in [0.3, 0.4) is 0 Å². The Labute approximate surface area is 187 Å². The molecule has 0 aliphatic heterocycles. The van der Waals surface area contributed by atoms with E-state index in [0.717, 1.165) is 0 Å². The molecule has 1 aromatic rings. The Balaban J connectivity index is 2.86. The van der Waals surface area contributed by atoms with Crippen LogP contribution >= 0.6 is 0 Å². The molecule has 0 aromatic heterocycles. The van der Waals surface area contributed by atoms with Gasteiger partial charge in [-0.25, -0.2) is 4.79 Å². The van der Waals surface area contributed by atoms with Gasteiger partial charge in [0.2, 0.25) is 17.7 Å². The quantitative estimate of drug-likeness (QED) is 0.263. The average Bonchev–Trinajstić information content (AvgIpc) is 2.70. The predicted octanol–water partition coefficient (Wildman–Crippen LogP) is 0.135. The highest BCUT2D eigenvalue weighted by atomic mass is 16.4. The molecule has 0 heterocycles. The van der Waals surface area contributed by atoms with Crippen molar-refractivity contribution >= 4 is 23.7 Å². The van der Waals surface area contributed by atoms with Gasteiger partial charge in [0.15, 0.2) is 0 Å². The number of carboxylic acids is 1. The first-order chi connectivity index (χ1) is 14.9. The molecule has 0 bridgehead atoms. The van der Waals surface area contributed by atoms with Gasteiger partial charge in [0.1, 0.15) is 17.8 Å². The first kappa shape index (κ1) is 26.9. The molecule has 0 fully saturated rings. The number of aromatic hydroxyl groups is 1. The number of carbonyl (C=O) groups excluding carboxylic acids is 3. The minimum Gasteiger partial charge on any atom is -0.508 e. The van der Waals surface area contributed by atoms with E-state index in [1.807, 2.05) is 13.8 Å². The van der Waals surface area contributed by atoms with Crippen LogP contribution in [0.25, 0.3) is 0 Å². The van der Waals surface area contributed by atoms with Gasteiger partial charge < -0.3 is 31.9 Å². The zero-order valence-corrected chi connectivity index (χ0v) is 18.9. The molecule has 10 heteroatoms. The molecule has 3 amide bonds. The third-order valence-corrected chi connectivity index (χ3v) is 4.74. The fourth-order valence-electron chi connectivity index (χ4n) is 3.00. The Morgan fingerprint density at radius 3 is 2.06 bits per heavy atom. The third kappa shape index (κ3) is 9.34. The average molecular weight is 451 g/mol. The summed E-state index contributed by atoms with van der Waals surface area (Å²) in [5.74, 6) is -3.06. The number of carboxylic acid groups (broad SMARTS) is 1. The number of benzene rings is 1. The molecule has 3 unspecified atom stereocenters. The monoisotopic (exact) mass is 450 g/mol. The molecule has 178 valence electrons. The second kappa shape index (κ2) is 12.7. The number of rotatable bonds is 12. The van der Waals surface area contributed by atoms with Crippen molar-refractivity contribution in [3.8, 4) is 5.75 Å². The molecule has 0 spiro atoms. The van der Waals surface area contributed by atoms with Gasteiger partial charge in [0.05, 0.1) is 12.6 Å². The number of hydrogen-bond donors (Lipinski definition) is 6. The van der Waals surface area contributed by atoms with Crippen molar-refractivity contribution in [1.82, 2.24) is 16.0 Å². The van der Waals surface area contributed by atoms with Crippen molar-refractivity contribution in [2.75, 3.05) is 6.54 Å². The predicted molar refractivity (Wildman–Crippen MR) is 119 cm³/mol. The number of amides is 3. The lowest BCUT2D eigenvalue weighted by atomic mass is 10.0. The first-order valence-corrected chi connectivity index (χ1v) is 10.5. The number of nitrogens with one attached hydrogen (secondary N) is 3. The van der Waals surface area contributed by atoms with Crippen LogP contribution in [0, 0.1) is 11.8 Å². The van der Waals surface area contributed by atoms with Crippen LogP contribution in [0.4, 0.5) is 0 Å². The molecule has 1 rings (SSSR count). The lowest BCUT2D eigenvalue weighted by Gasteiger charge is -2.23. The maximum absolute atomic E-state index is 12.8. The van der Waals surface area contributed by atoms with Crippen LogP contribution < -0.4 is 21.7 Å². The van der Waals surface area contributed by atoms with Gasteiger partial charge in [-0.15, -0.1) is 0 Å². The van der Waals surface area contributed by atoms with E-state index in [0.29, 0.717) is 12.0 Å². The SMILES string of the molecule is CC(C)CC(N)C(=O)NCC(=O)NC(Cc1ccc(O)cc1)C(=O)NC(C(=O)O)C(C)C. The summed E-state index contributed by atoms with van der Waals surface area (Å²) < 4.78 is 0. The maximum Gasteiger partial charge on any atom is 0.326 e. The first-order valence-electron chi connectivity index (χ1n) is 10.5. The molecular formula is C22H34N4O6. The second-order valence-electron chi connectivity index (χ2n) is 8.51. The molecule has 0 saturated carbocycles. The van der Waals surface area contributed by atoms with Gasteiger partial charge in [0, 0.05) is 6.42 Å². The van der Waals surface area contributed by atoms with Crippen molar-refractivity contribution in [2.45, 2.75) is 58.7 Å². The van der Waals surface area contributed by atoms with Crippen molar-refractivity contribution in [3.63, 3.8) is 0 Å². The number of phenols is 1. The molecule has 32 heavy (non-hydrogen) atoms. The molecule has 0 aliphatic rings. The maximum atomic E-state index is 12.8. The van der Waals surface area contributed by atoms with Gasteiger partial charge in [-0.1, -0.05) is 39.8 Å². The molecule has 0 aliphatic carbocycles. The Morgan fingerprint density at radius 2 is 1.56 bits per heavy atom. The summed E-state index contributed by atoms with van der Waals surface area (Å²) in [5.41, 5.74) is 6.44. The fourth-order valence-corrected chi connectivity index (χ4v) is 3.00. The smallest absolute Gasteiger partial charge is 0.326 e. The van der Waals surface area contributed by atoms with E-state index in [9.17, 15) is 29.4 Å². The standard InChI is InChI=1S/C22H34N4O6/c1-12(2)9-16(23)20(29)24-11-18(28)25-17(10-14-5-7-15(27)8-6-14)21(30)26-19(13(3)4)22(31)32/h5-8,12-13,16-17,19,27H,9-11,23H2,1-4H3,(H,24,29)(H,25,28)(H,26,30)(H,31,32). The van der Waals surface area contributed by atoms with Crippen LogP contribution in [0.2, 0.25) is 0 Å². The summed E-state index contributed by atoms with van der Waals surface area (Å²) in [6, 6.07) is 3.09. The third-order valence-electron chi connectivity index (χ3n) is 4.74. The zero-order valence-electron chi connectivity index (χ0n) is 18.9. The number of nitrogens with two attached hydrogens (primary N) is 1. The molecule has 1 aromatic carbocycles. The van der Waals surface area contributed by atoms with Crippen LogP contribution in [-0.4, -0.2) is 58.6 Å². The van der Waals surface area contributed by atoms with Crippen molar-refractivity contribution < 1.29 is 29.4 Å². The van der Waals surface area contributed by atoms with Gasteiger partial charge >= 0.3 is 5.97 Å². The molecule has 10 nitrogen and oxygen atoms in total. The van der Waals surface area contributed by atoms with E-state index in [2.05, 4.69) is 16.0 Å². The largest absolute Gasteiger partial charge is 0.508 e. The van der Waals surface area contributed by atoms with Crippen molar-refractivity contribution in [2.24, 2.45) is 17.6 Å². The number of hydrogen-bond acceptors (Lipinski definition) is 6. The van der Waals surface area contributed by atoms with Crippen LogP contribution in [-0.2, 0) is 25.6 Å². The summed E-state index contributed by atoms with van der Waals surface area (Å²) in [6.07, 6.45) is 0.522. The molecular weight excluding hydrogens is 416 g/mol. The molecule has 0 saturated heterocycles. The van der Waals surface area contributed by atoms with Crippen LogP contribution in [0.5, 0.6) is 5.75 Å². The number of aliphatic carboxylic acids is 1. The van der Waals surface area contributed by atoms with E-state index in [4.69, 9.17) is 5.73 Å². The summed E-state index contributed by atoms with van der Waals surface area (Å²) in [4.78, 5) is 48.7. The van der Waals surface area contributed by atoms with E-state index >= 15 is 0 Å². The van der Waals surface area contributed by atoms with Gasteiger partial charge in [-0.05, 0) is 36.0 Å². The summed E-state index contributed by atoms with van der Waals surface area (Å²) >= 11 is 0. The number of phenolic OH excluding ortho intramolecular Hbond substituents is 1. The van der Waals surface area contributed by atoms with Crippen molar-refractivity contribution in [1.29, 1.82) is 0 Å². The zero-order chi connectivity index (χ0) is 24.4. The van der Waals surface area contributed by atoms with Crippen molar-refractivity contribution in [3.05, 3.63) is 29.8 Å². The van der Waals surface area contributed by atoms with Gasteiger partial charge in [0.25, 0.3) is 0 Å². The summed E-state index contributed by atoms with van der Waals surface area (Å²) in [5, 5.41) is 26.2. The topological polar surface area (TPSA) is 171 Å². The van der Waals surface area contributed by atoms with E-state index in [-0.39, 0.29) is 30.6 Å². The highest BCUT2D eigenvalue weighted by Crippen LogP contribution is 2.12.